The molecule has 0 radical (unpaired) electrons. The lowest BCUT2D eigenvalue weighted by molar-refractivity contribution is -0.0538. The molecule has 0 aliphatic rings. The maximum atomic E-state index is 11.9. The third-order valence-corrected chi connectivity index (χ3v) is 2.42. The summed E-state index contributed by atoms with van der Waals surface area (Å²) in [5, 5.41) is 17.6. The van der Waals surface area contributed by atoms with Crippen LogP contribution in [-0.2, 0) is 14.3 Å². The maximum absolute atomic E-state index is 11.9. The Morgan fingerprint density at radius 1 is 1.38 bits per heavy atom. The number of hydrogen-bond acceptors (Lipinski definition) is 5. The minimum absolute atomic E-state index is 0.00868. The highest BCUT2D eigenvalue weighted by atomic mass is 32.2. The van der Waals surface area contributed by atoms with Crippen molar-refractivity contribution in [1.82, 2.24) is 0 Å². The van der Waals surface area contributed by atoms with Crippen LogP contribution in [0.25, 0.3) is 0 Å². The molecule has 9 heteroatoms. The van der Waals surface area contributed by atoms with Crippen LogP contribution in [0.4, 0.5) is 13.2 Å². The Balaban J connectivity index is 5.18. The van der Waals surface area contributed by atoms with Gasteiger partial charge in [0.05, 0.1) is 6.61 Å². The normalized spacial score (nSPS) is 14.4. The minimum atomic E-state index is -5.83. The van der Waals surface area contributed by atoms with Gasteiger partial charge in [-0.05, 0) is 19.4 Å². The van der Waals surface area contributed by atoms with Gasteiger partial charge in [-0.25, -0.2) is 0 Å². The lowest BCUT2D eigenvalue weighted by Crippen LogP contribution is -2.29. The SMILES string of the molecule is CC(C)=C(OS(=O)(=O)C(F)(F)F)[C@@H](O)CO. The summed E-state index contributed by atoms with van der Waals surface area (Å²) >= 11 is 0. The van der Waals surface area contributed by atoms with Gasteiger partial charge in [0.2, 0.25) is 0 Å². The molecule has 0 aliphatic carbocycles. The van der Waals surface area contributed by atoms with Crippen molar-refractivity contribution in [2.24, 2.45) is 0 Å². The first-order valence-corrected chi connectivity index (χ1v) is 5.40. The van der Waals surface area contributed by atoms with Crippen LogP contribution in [0.1, 0.15) is 13.8 Å². The van der Waals surface area contributed by atoms with Gasteiger partial charge in [-0.2, -0.15) is 21.6 Å². The van der Waals surface area contributed by atoms with E-state index in [0.717, 1.165) is 0 Å². The standard InChI is InChI=1S/C7H11F3O5S/c1-4(2)6(5(12)3-11)15-16(13,14)7(8,9)10/h5,11-12H,3H2,1-2H3/t5-/m0/s1. The molecule has 0 aromatic carbocycles. The van der Waals surface area contributed by atoms with Gasteiger partial charge < -0.3 is 14.4 Å². The maximum Gasteiger partial charge on any atom is 0.534 e. The van der Waals surface area contributed by atoms with Crippen molar-refractivity contribution in [3.63, 3.8) is 0 Å². The van der Waals surface area contributed by atoms with E-state index in [0.29, 0.717) is 0 Å². The summed E-state index contributed by atoms with van der Waals surface area (Å²) in [6.45, 7) is 1.52. The van der Waals surface area contributed by atoms with E-state index in [1.54, 1.807) is 0 Å². The van der Waals surface area contributed by atoms with Crippen LogP contribution in [0.5, 0.6) is 0 Å². The highest BCUT2D eigenvalue weighted by Gasteiger charge is 2.49. The fourth-order valence-electron chi connectivity index (χ4n) is 0.720. The summed E-state index contributed by atoms with van der Waals surface area (Å²) in [5.74, 6) is -0.833. The summed E-state index contributed by atoms with van der Waals surface area (Å²) in [6.07, 6.45) is -1.82. The van der Waals surface area contributed by atoms with E-state index in [-0.39, 0.29) is 5.57 Å². The van der Waals surface area contributed by atoms with Crippen molar-refractivity contribution in [1.29, 1.82) is 0 Å². The zero-order valence-electron chi connectivity index (χ0n) is 8.45. The van der Waals surface area contributed by atoms with Crippen molar-refractivity contribution in [2.45, 2.75) is 25.5 Å². The molecule has 0 aromatic heterocycles. The van der Waals surface area contributed by atoms with Crippen LogP contribution < -0.4 is 0 Å². The molecule has 0 amide bonds. The molecular weight excluding hydrogens is 253 g/mol. The largest absolute Gasteiger partial charge is 0.534 e. The average molecular weight is 264 g/mol. The van der Waals surface area contributed by atoms with Crippen LogP contribution >= 0.6 is 0 Å². The van der Waals surface area contributed by atoms with Gasteiger partial charge in [0, 0.05) is 0 Å². The van der Waals surface area contributed by atoms with Gasteiger partial charge in [-0.3, -0.25) is 0 Å². The lowest BCUT2D eigenvalue weighted by atomic mass is 10.2. The van der Waals surface area contributed by atoms with Crippen molar-refractivity contribution in [3.8, 4) is 0 Å². The average Bonchev–Trinajstić information content (AvgIpc) is 2.10. The Morgan fingerprint density at radius 2 is 1.81 bits per heavy atom. The number of aliphatic hydroxyl groups excluding tert-OH is 2. The highest BCUT2D eigenvalue weighted by molar-refractivity contribution is 7.87. The summed E-state index contributed by atoms with van der Waals surface area (Å²) in [5.41, 5.74) is -5.57. The van der Waals surface area contributed by atoms with Crippen LogP contribution in [0.15, 0.2) is 11.3 Å². The summed E-state index contributed by atoms with van der Waals surface area (Å²) in [7, 11) is -5.83. The smallest absolute Gasteiger partial charge is 0.393 e. The van der Waals surface area contributed by atoms with E-state index in [1.807, 2.05) is 0 Å². The number of hydrogen-bond donors (Lipinski definition) is 2. The molecule has 0 rings (SSSR count). The van der Waals surface area contributed by atoms with Gasteiger partial charge in [0.15, 0.2) is 0 Å². The Labute approximate surface area is 90.3 Å². The number of alkyl halides is 3. The van der Waals surface area contributed by atoms with E-state index >= 15 is 0 Å². The topological polar surface area (TPSA) is 83.8 Å². The molecule has 0 spiro atoms. The third kappa shape index (κ3) is 3.65. The van der Waals surface area contributed by atoms with Gasteiger partial charge in [-0.1, -0.05) is 0 Å². The molecule has 0 heterocycles. The second-order valence-electron chi connectivity index (χ2n) is 3.05. The van der Waals surface area contributed by atoms with Crippen LogP contribution in [0.2, 0.25) is 0 Å². The van der Waals surface area contributed by atoms with Gasteiger partial charge >= 0.3 is 15.6 Å². The molecule has 0 saturated carbocycles. The molecule has 0 aliphatic heterocycles. The van der Waals surface area contributed by atoms with Crippen LogP contribution in [0, 0.1) is 0 Å². The number of aliphatic hydroxyl groups is 2. The van der Waals surface area contributed by atoms with Crippen LogP contribution in [-0.4, -0.2) is 36.9 Å². The third-order valence-electron chi connectivity index (χ3n) is 1.45. The molecule has 1 atom stereocenters. The van der Waals surface area contributed by atoms with Crippen LogP contribution in [0.3, 0.4) is 0 Å². The van der Waals surface area contributed by atoms with Crippen molar-refractivity contribution >= 4 is 10.1 Å². The predicted octanol–water partition coefficient (Wildman–Crippen LogP) is 0.500. The first-order chi connectivity index (χ1) is 7.03. The van der Waals surface area contributed by atoms with E-state index in [2.05, 4.69) is 4.18 Å². The summed E-state index contributed by atoms with van der Waals surface area (Å²) in [4.78, 5) is 0. The van der Waals surface area contributed by atoms with Gasteiger partial charge in [0.1, 0.15) is 11.9 Å². The number of allylic oxidation sites excluding steroid dienone is 1. The fourth-order valence-corrected chi connectivity index (χ4v) is 1.33. The lowest BCUT2D eigenvalue weighted by Gasteiger charge is -2.16. The summed E-state index contributed by atoms with van der Waals surface area (Å²) in [6, 6.07) is 0. The molecule has 0 bridgehead atoms. The molecule has 16 heavy (non-hydrogen) atoms. The van der Waals surface area contributed by atoms with Crippen molar-refractivity contribution in [2.75, 3.05) is 6.61 Å². The minimum Gasteiger partial charge on any atom is -0.393 e. The quantitative estimate of drug-likeness (QED) is 0.439. The fraction of sp³-hybridized carbons (Fsp3) is 0.714. The van der Waals surface area contributed by atoms with Gasteiger partial charge in [-0.15, -0.1) is 0 Å². The summed E-state index contributed by atoms with van der Waals surface area (Å²) < 4.78 is 60.8. The number of halogens is 3. The first-order valence-electron chi connectivity index (χ1n) is 4.00. The van der Waals surface area contributed by atoms with E-state index in [9.17, 15) is 21.6 Å². The monoisotopic (exact) mass is 264 g/mol. The predicted molar refractivity (Wildman–Crippen MR) is 47.5 cm³/mol. The molecule has 96 valence electrons. The highest BCUT2D eigenvalue weighted by Crippen LogP contribution is 2.28. The molecule has 0 saturated heterocycles. The number of rotatable bonds is 4. The van der Waals surface area contributed by atoms with E-state index in [1.165, 1.54) is 13.8 Å². The Hall–Kier alpha value is -0.800. The van der Waals surface area contributed by atoms with E-state index in [4.69, 9.17) is 10.2 Å². The zero-order chi connectivity index (χ0) is 13.1. The molecule has 0 unspecified atom stereocenters. The molecule has 0 aromatic rings. The molecule has 0 fully saturated rings. The van der Waals surface area contributed by atoms with Gasteiger partial charge in [0.25, 0.3) is 0 Å². The molecule has 2 N–H and O–H groups in total. The zero-order valence-corrected chi connectivity index (χ0v) is 9.26. The molecule has 5 nitrogen and oxygen atoms in total. The second-order valence-corrected chi connectivity index (χ2v) is 4.58. The second kappa shape index (κ2) is 5.02. The molecular formula is C7H11F3O5S. The van der Waals surface area contributed by atoms with Crippen molar-refractivity contribution < 1.29 is 36.0 Å². The Morgan fingerprint density at radius 3 is 2.06 bits per heavy atom. The first kappa shape index (κ1) is 15.2. The van der Waals surface area contributed by atoms with Crippen molar-refractivity contribution in [3.05, 3.63) is 11.3 Å². The Bertz CT molecular complexity index is 366. The Kier molecular flexibility index (Phi) is 4.77. The van der Waals surface area contributed by atoms with E-state index < -0.39 is 34.1 Å².